The second-order valence-electron chi connectivity index (χ2n) is 4.05. The van der Waals surface area contributed by atoms with Crippen LogP contribution < -0.4 is 10.1 Å². The lowest BCUT2D eigenvalue weighted by Gasteiger charge is -2.21. The lowest BCUT2D eigenvalue weighted by molar-refractivity contribution is -0.140. The van der Waals surface area contributed by atoms with E-state index in [1.807, 2.05) is 6.92 Å². The molecule has 1 N–H and O–H groups in total. The van der Waals surface area contributed by atoms with Gasteiger partial charge < -0.3 is 10.1 Å². The molecule has 0 saturated heterocycles. The van der Waals surface area contributed by atoms with Gasteiger partial charge in [0.1, 0.15) is 5.75 Å². The minimum atomic E-state index is -4.20. The molecule has 1 atom stereocenters. The number of ether oxygens (including phenoxy) is 1. The van der Waals surface area contributed by atoms with Crippen molar-refractivity contribution in [2.24, 2.45) is 0 Å². The highest BCUT2D eigenvalue weighted by Crippen LogP contribution is 2.34. The van der Waals surface area contributed by atoms with Crippen LogP contribution in [0.5, 0.6) is 5.75 Å². The highest BCUT2D eigenvalue weighted by atomic mass is 79.9. The number of nitrogens with one attached hydrogen (secondary N) is 1. The molecule has 0 spiro atoms. The zero-order valence-corrected chi connectivity index (χ0v) is 12.4. The summed E-state index contributed by atoms with van der Waals surface area (Å²) in [5, 5.41) is 2.86. The molecule has 0 fully saturated rings. The Kier molecular flexibility index (Phi) is 6.13. The molecule has 1 aromatic carbocycles. The van der Waals surface area contributed by atoms with E-state index in [0.29, 0.717) is 28.9 Å². The van der Waals surface area contributed by atoms with E-state index in [1.54, 1.807) is 25.1 Å². The highest BCUT2D eigenvalue weighted by Gasteiger charge is 2.33. The third kappa shape index (κ3) is 5.40. The molecule has 0 aliphatic carbocycles. The molecule has 0 radical (unpaired) electrons. The molecule has 0 bridgehead atoms. The zero-order valence-electron chi connectivity index (χ0n) is 10.9. The van der Waals surface area contributed by atoms with Gasteiger partial charge >= 0.3 is 6.18 Å². The van der Waals surface area contributed by atoms with E-state index in [4.69, 9.17) is 4.74 Å². The Labute approximate surface area is 119 Å². The van der Waals surface area contributed by atoms with Crippen LogP contribution in [0.15, 0.2) is 22.7 Å². The van der Waals surface area contributed by atoms with Crippen LogP contribution in [-0.4, -0.2) is 19.3 Å². The van der Waals surface area contributed by atoms with Gasteiger partial charge in [0.05, 0.1) is 13.0 Å². The Morgan fingerprint density at radius 1 is 1.32 bits per heavy atom. The Morgan fingerprint density at radius 2 is 2.00 bits per heavy atom. The third-order valence-corrected chi connectivity index (χ3v) is 3.23. The van der Waals surface area contributed by atoms with Gasteiger partial charge in [-0.15, -0.1) is 0 Å². The predicted molar refractivity (Wildman–Crippen MR) is 72.4 cm³/mol. The molecule has 0 heterocycles. The van der Waals surface area contributed by atoms with Crippen molar-refractivity contribution >= 4 is 15.9 Å². The number of benzene rings is 1. The van der Waals surface area contributed by atoms with Gasteiger partial charge in [0.15, 0.2) is 0 Å². The van der Waals surface area contributed by atoms with Crippen LogP contribution in [0.4, 0.5) is 13.2 Å². The van der Waals surface area contributed by atoms with Crippen LogP contribution in [0.1, 0.15) is 31.9 Å². The standard InChI is InChI=1S/C13H17BrF3NO/c1-3-18-12(8-13(15,16)17)10-6-5-9(19-4-2)7-11(10)14/h5-7,12,18H,3-4,8H2,1-2H3. The van der Waals surface area contributed by atoms with E-state index < -0.39 is 18.6 Å². The average Bonchev–Trinajstić information content (AvgIpc) is 2.27. The summed E-state index contributed by atoms with van der Waals surface area (Å²) in [6.07, 6.45) is -5.10. The van der Waals surface area contributed by atoms with E-state index in [1.165, 1.54) is 0 Å². The van der Waals surface area contributed by atoms with Gasteiger partial charge in [-0.3, -0.25) is 0 Å². The summed E-state index contributed by atoms with van der Waals surface area (Å²) in [6.45, 7) is 4.63. The average molecular weight is 340 g/mol. The van der Waals surface area contributed by atoms with Crippen molar-refractivity contribution in [3.63, 3.8) is 0 Å². The van der Waals surface area contributed by atoms with Crippen LogP contribution in [0, 0.1) is 0 Å². The summed E-state index contributed by atoms with van der Waals surface area (Å²) in [5.74, 6) is 0.639. The Morgan fingerprint density at radius 3 is 2.47 bits per heavy atom. The number of hydrogen-bond donors (Lipinski definition) is 1. The SMILES string of the molecule is CCNC(CC(F)(F)F)c1ccc(OCC)cc1Br. The molecule has 0 aromatic heterocycles. The van der Waals surface area contributed by atoms with Crippen molar-refractivity contribution in [1.82, 2.24) is 5.32 Å². The molecule has 1 unspecified atom stereocenters. The summed E-state index contributed by atoms with van der Waals surface area (Å²) in [6, 6.07) is 4.29. The molecule has 2 nitrogen and oxygen atoms in total. The van der Waals surface area contributed by atoms with E-state index >= 15 is 0 Å². The number of rotatable bonds is 6. The van der Waals surface area contributed by atoms with Crippen molar-refractivity contribution in [2.45, 2.75) is 32.5 Å². The molecule has 0 aliphatic heterocycles. The molecule has 1 rings (SSSR count). The van der Waals surface area contributed by atoms with Crippen molar-refractivity contribution in [2.75, 3.05) is 13.2 Å². The van der Waals surface area contributed by atoms with Gasteiger partial charge in [-0.25, -0.2) is 0 Å². The normalized spacial score (nSPS) is 13.4. The minimum Gasteiger partial charge on any atom is -0.494 e. The Bertz CT molecular complexity index is 409. The summed E-state index contributed by atoms with van der Waals surface area (Å²) < 4.78 is 43.6. The second-order valence-corrected chi connectivity index (χ2v) is 4.90. The van der Waals surface area contributed by atoms with Gasteiger partial charge in [-0.05, 0) is 31.2 Å². The van der Waals surface area contributed by atoms with E-state index in [-0.39, 0.29) is 0 Å². The van der Waals surface area contributed by atoms with Crippen LogP contribution in [-0.2, 0) is 0 Å². The fourth-order valence-corrected chi connectivity index (χ4v) is 2.45. The first-order chi connectivity index (χ1) is 8.87. The van der Waals surface area contributed by atoms with Crippen molar-refractivity contribution in [1.29, 1.82) is 0 Å². The number of alkyl halides is 3. The van der Waals surface area contributed by atoms with E-state index in [0.717, 1.165) is 0 Å². The Hall–Kier alpha value is -0.750. The number of halogens is 4. The molecular formula is C13H17BrF3NO. The topological polar surface area (TPSA) is 21.3 Å². The fourth-order valence-electron chi connectivity index (χ4n) is 1.82. The number of hydrogen-bond acceptors (Lipinski definition) is 2. The third-order valence-electron chi connectivity index (χ3n) is 2.54. The molecule has 19 heavy (non-hydrogen) atoms. The molecule has 0 aliphatic rings. The highest BCUT2D eigenvalue weighted by molar-refractivity contribution is 9.10. The predicted octanol–water partition coefficient (Wildman–Crippen LogP) is 4.45. The first kappa shape index (κ1) is 16.3. The van der Waals surface area contributed by atoms with Crippen molar-refractivity contribution < 1.29 is 17.9 Å². The van der Waals surface area contributed by atoms with Crippen LogP contribution in [0.25, 0.3) is 0 Å². The van der Waals surface area contributed by atoms with Gasteiger partial charge in [0.2, 0.25) is 0 Å². The van der Waals surface area contributed by atoms with Crippen molar-refractivity contribution in [3.05, 3.63) is 28.2 Å². The summed E-state index contributed by atoms with van der Waals surface area (Å²) >= 11 is 3.31. The maximum absolute atomic E-state index is 12.6. The van der Waals surface area contributed by atoms with Gasteiger partial charge in [0.25, 0.3) is 0 Å². The van der Waals surface area contributed by atoms with Crippen molar-refractivity contribution in [3.8, 4) is 5.75 Å². The largest absolute Gasteiger partial charge is 0.494 e. The minimum absolute atomic E-state index is 0.473. The molecule has 0 saturated carbocycles. The first-order valence-electron chi connectivity index (χ1n) is 6.09. The Balaban J connectivity index is 2.95. The molecular weight excluding hydrogens is 323 g/mol. The van der Waals surface area contributed by atoms with Crippen LogP contribution in [0.3, 0.4) is 0 Å². The zero-order chi connectivity index (χ0) is 14.5. The van der Waals surface area contributed by atoms with E-state index in [9.17, 15) is 13.2 Å². The molecule has 6 heteroatoms. The van der Waals surface area contributed by atoms with Crippen LogP contribution >= 0.6 is 15.9 Å². The smallest absolute Gasteiger partial charge is 0.390 e. The lowest BCUT2D eigenvalue weighted by Crippen LogP contribution is -2.26. The van der Waals surface area contributed by atoms with Gasteiger partial charge in [-0.2, -0.15) is 13.2 Å². The van der Waals surface area contributed by atoms with Gasteiger partial charge in [0, 0.05) is 10.5 Å². The molecule has 108 valence electrons. The van der Waals surface area contributed by atoms with E-state index in [2.05, 4.69) is 21.2 Å². The monoisotopic (exact) mass is 339 g/mol. The van der Waals surface area contributed by atoms with Gasteiger partial charge in [-0.1, -0.05) is 28.9 Å². The molecule has 0 amide bonds. The van der Waals surface area contributed by atoms with Crippen LogP contribution in [0.2, 0.25) is 0 Å². The lowest BCUT2D eigenvalue weighted by atomic mass is 10.0. The summed E-state index contributed by atoms with van der Waals surface area (Å²) in [7, 11) is 0. The molecule has 1 aromatic rings. The summed E-state index contributed by atoms with van der Waals surface area (Å²) in [4.78, 5) is 0. The fraction of sp³-hybridized carbons (Fsp3) is 0.538. The first-order valence-corrected chi connectivity index (χ1v) is 6.89. The maximum Gasteiger partial charge on any atom is 0.390 e. The summed E-state index contributed by atoms with van der Waals surface area (Å²) in [5.41, 5.74) is 0.586. The second kappa shape index (κ2) is 7.14. The maximum atomic E-state index is 12.6. The quantitative estimate of drug-likeness (QED) is 0.826.